The van der Waals surface area contributed by atoms with Crippen LogP contribution in [0.3, 0.4) is 0 Å². The van der Waals surface area contributed by atoms with Gasteiger partial charge in [0.25, 0.3) is 5.91 Å². The van der Waals surface area contributed by atoms with Crippen molar-refractivity contribution in [1.29, 1.82) is 5.26 Å². The van der Waals surface area contributed by atoms with E-state index in [9.17, 15) is 14.9 Å². The van der Waals surface area contributed by atoms with E-state index in [1.165, 1.54) is 11.0 Å². The first-order chi connectivity index (χ1) is 14.8. The van der Waals surface area contributed by atoms with Gasteiger partial charge in [-0.15, -0.1) is 0 Å². The second-order valence-electron chi connectivity index (χ2n) is 8.42. The van der Waals surface area contributed by atoms with Crippen LogP contribution in [0.2, 0.25) is 0 Å². The molecule has 0 N–H and O–H groups in total. The van der Waals surface area contributed by atoms with E-state index < -0.39 is 0 Å². The molecule has 168 valence electrons. The van der Waals surface area contributed by atoms with Crippen LogP contribution in [0.15, 0.2) is 18.2 Å². The molecule has 0 spiro atoms. The van der Waals surface area contributed by atoms with Crippen molar-refractivity contribution in [2.75, 3.05) is 40.9 Å². The van der Waals surface area contributed by atoms with Gasteiger partial charge < -0.3 is 24.0 Å². The van der Waals surface area contributed by atoms with Crippen molar-refractivity contribution in [2.45, 2.75) is 44.5 Å². The fourth-order valence-corrected chi connectivity index (χ4v) is 4.23. The zero-order chi connectivity index (χ0) is 22.5. The van der Waals surface area contributed by atoms with Gasteiger partial charge in [-0.25, -0.2) is 0 Å². The van der Waals surface area contributed by atoms with Crippen LogP contribution in [0, 0.1) is 17.2 Å². The number of rotatable bonds is 1. The van der Waals surface area contributed by atoms with E-state index in [0.717, 1.165) is 19.3 Å². The molecular formula is C23H31N3O5. The number of carbonyl (C=O) groups excluding carboxylic acids is 2. The third-order valence-electron chi connectivity index (χ3n) is 6.08. The Morgan fingerprint density at radius 1 is 1.16 bits per heavy atom. The number of nitriles is 1. The second-order valence-corrected chi connectivity index (χ2v) is 8.42. The maximum atomic E-state index is 13.2. The number of hydrogen-bond acceptors (Lipinski definition) is 6. The lowest BCUT2D eigenvalue weighted by molar-refractivity contribution is -0.146. The minimum Gasteiger partial charge on any atom is -0.490 e. The molecule has 0 aliphatic carbocycles. The van der Waals surface area contributed by atoms with Crippen molar-refractivity contribution >= 4 is 11.8 Å². The van der Waals surface area contributed by atoms with Gasteiger partial charge in [-0.3, -0.25) is 9.59 Å². The predicted octanol–water partition coefficient (Wildman–Crippen LogP) is 2.07. The molecule has 1 aromatic carbocycles. The SMILES string of the molecule is CO[C@H]1CC[C@@H]2CCN(C)C(=O)[C@H](C)CN(C)C(=O)c3cc(C#N)ccc3OC[C@H]1O2. The van der Waals surface area contributed by atoms with Crippen molar-refractivity contribution in [3.8, 4) is 11.8 Å². The molecule has 2 aliphatic rings. The van der Waals surface area contributed by atoms with Gasteiger partial charge in [0.2, 0.25) is 5.91 Å². The summed E-state index contributed by atoms with van der Waals surface area (Å²) in [6.07, 6.45) is 2.05. The van der Waals surface area contributed by atoms with E-state index in [-0.39, 0.29) is 49.2 Å². The molecule has 1 aromatic rings. The van der Waals surface area contributed by atoms with E-state index in [2.05, 4.69) is 6.07 Å². The highest BCUT2D eigenvalue weighted by Gasteiger charge is 2.33. The van der Waals surface area contributed by atoms with Gasteiger partial charge in [0.1, 0.15) is 18.5 Å². The molecule has 4 atom stereocenters. The number of nitrogens with zero attached hydrogens (tertiary/aromatic N) is 3. The Balaban J connectivity index is 1.94. The van der Waals surface area contributed by atoms with Gasteiger partial charge in [-0.2, -0.15) is 5.26 Å². The van der Waals surface area contributed by atoms with Gasteiger partial charge in [0.15, 0.2) is 0 Å². The highest BCUT2D eigenvalue weighted by molar-refractivity contribution is 5.97. The van der Waals surface area contributed by atoms with Gasteiger partial charge >= 0.3 is 0 Å². The summed E-state index contributed by atoms with van der Waals surface area (Å²) in [4.78, 5) is 29.2. The summed E-state index contributed by atoms with van der Waals surface area (Å²) in [5, 5.41) is 9.29. The van der Waals surface area contributed by atoms with Gasteiger partial charge in [0.05, 0.1) is 35.3 Å². The Morgan fingerprint density at radius 2 is 1.94 bits per heavy atom. The maximum Gasteiger partial charge on any atom is 0.257 e. The van der Waals surface area contributed by atoms with Gasteiger partial charge in [-0.1, -0.05) is 6.92 Å². The molecule has 0 radical (unpaired) electrons. The number of hydrogen-bond donors (Lipinski definition) is 0. The lowest BCUT2D eigenvalue weighted by Gasteiger charge is -2.36. The Kier molecular flexibility index (Phi) is 7.52. The number of fused-ring (bicyclic) bond motifs is 3. The average molecular weight is 430 g/mol. The molecule has 2 amide bonds. The fraction of sp³-hybridized carbons (Fsp3) is 0.609. The minimum atomic E-state index is -0.356. The molecule has 2 bridgehead atoms. The lowest BCUT2D eigenvalue weighted by atomic mass is 9.99. The minimum absolute atomic E-state index is 0.0143. The van der Waals surface area contributed by atoms with E-state index in [4.69, 9.17) is 14.2 Å². The normalized spacial score (nSPS) is 28.1. The average Bonchev–Trinajstić information content (AvgIpc) is 2.79. The third kappa shape index (κ3) is 5.35. The Hall–Kier alpha value is -2.63. The highest BCUT2D eigenvalue weighted by Crippen LogP contribution is 2.27. The summed E-state index contributed by atoms with van der Waals surface area (Å²) in [6, 6.07) is 6.86. The van der Waals surface area contributed by atoms with Crippen LogP contribution in [0.4, 0.5) is 0 Å². The number of amides is 2. The molecule has 8 nitrogen and oxygen atoms in total. The second kappa shape index (κ2) is 10.1. The number of carbonyl (C=O) groups is 2. The van der Waals surface area contributed by atoms with Gasteiger partial charge in [-0.05, 0) is 37.5 Å². The van der Waals surface area contributed by atoms with E-state index in [1.807, 2.05) is 6.92 Å². The first-order valence-electron chi connectivity index (χ1n) is 10.7. The molecule has 0 unspecified atom stereocenters. The van der Waals surface area contributed by atoms with E-state index in [0.29, 0.717) is 23.4 Å². The van der Waals surface area contributed by atoms with Crippen molar-refractivity contribution in [2.24, 2.45) is 5.92 Å². The molecular weight excluding hydrogens is 398 g/mol. The quantitative estimate of drug-likeness (QED) is 0.679. The zero-order valence-corrected chi connectivity index (χ0v) is 18.7. The number of ether oxygens (including phenoxy) is 3. The van der Waals surface area contributed by atoms with Crippen LogP contribution in [0.1, 0.15) is 42.1 Å². The van der Waals surface area contributed by atoms with Crippen LogP contribution in [0.5, 0.6) is 5.75 Å². The predicted molar refractivity (Wildman–Crippen MR) is 114 cm³/mol. The monoisotopic (exact) mass is 429 g/mol. The summed E-state index contributed by atoms with van der Waals surface area (Å²) >= 11 is 0. The molecule has 2 heterocycles. The molecule has 0 aromatic heterocycles. The lowest BCUT2D eigenvalue weighted by Crippen LogP contribution is -2.44. The first-order valence-corrected chi connectivity index (χ1v) is 10.7. The maximum absolute atomic E-state index is 13.2. The van der Waals surface area contributed by atoms with Crippen LogP contribution in [-0.2, 0) is 14.3 Å². The van der Waals surface area contributed by atoms with Crippen LogP contribution < -0.4 is 4.74 Å². The first kappa shape index (κ1) is 23.0. The summed E-state index contributed by atoms with van der Waals surface area (Å²) in [6.45, 7) is 2.91. The van der Waals surface area contributed by atoms with E-state index in [1.54, 1.807) is 38.2 Å². The largest absolute Gasteiger partial charge is 0.490 e. The number of methoxy groups -OCH3 is 1. The van der Waals surface area contributed by atoms with Crippen LogP contribution >= 0.6 is 0 Å². The van der Waals surface area contributed by atoms with Crippen molar-refractivity contribution in [3.63, 3.8) is 0 Å². The molecule has 1 saturated heterocycles. The van der Waals surface area contributed by atoms with Crippen molar-refractivity contribution < 1.29 is 23.8 Å². The molecule has 31 heavy (non-hydrogen) atoms. The molecule has 0 saturated carbocycles. The Labute approximate surface area is 183 Å². The Morgan fingerprint density at radius 3 is 2.65 bits per heavy atom. The van der Waals surface area contributed by atoms with E-state index >= 15 is 0 Å². The number of benzene rings is 1. The van der Waals surface area contributed by atoms with Crippen molar-refractivity contribution in [1.82, 2.24) is 9.80 Å². The fourth-order valence-electron chi connectivity index (χ4n) is 4.23. The molecule has 2 aliphatic heterocycles. The summed E-state index contributed by atoms with van der Waals surface area (Å²) in [7, 11) is 5.10. The zero-order valence-electron chi connectivity index (χ0n) is 18.7. The third-order valence-corrected chi connectivity index (χ3v) is 6.08. The topological polar surface area (TPSA) is 92.1 Å². The van der Waals surface area contributed by atoms with Crippen LogP contribution in [0.25, 0.3) is 0 Å². The standard InChI is InChI=1S/C23H31N3O5/c1-15-13-26(3)23(28)18-11-16(12-24)5-7-19(18)30-14-21-20(29-4)8-6-17(31-21)9-10-25(2)22(15)27/h5,7,11,15,17,20-21H,6,8-10,13-14H2,1-4H3/t15-,17-,20+,21-/m1/s1. The smallest absolute Gasteiger partial charge is 0.257 e. The molecule has 1 fully saturated rings. The van der Waals surface area contributed by atoms with Crippen molar-refractivity contribution in [3.05, 3.63) is 29.3 Å². The summed E-state index contributed by atoms with van der Waals surface area (Å²) < 4.78 is 17.9. The van der Waals surface area contributed by atoms with Crippen LogP contribution in [-0.4, -0.2) is 80.8 Å². The van der Waals surface area contributed by atoms with Gasteiger partial charge in [0, 0.05) is 34.3 Å². The summed E-state index contributed by atoms with van der Waals surface area (Å²) in [5.41, 5.74) is 0.667. The molecule has 3 rings (SSSR count). The summed E-state index contributed by atoms with van der Waals surface area (Å²) in [5.74, 6) is -0.276. The molecule has 8 heteroatoms. The Bertz CT molecular complexity index is 852. The highest BCUT2D eigenvalue weighted by atomic mass is 16.6.